The predicted molar refractivity (Wildman–Crippen MR) is 147 cm³/mol. The SMILES string of the molecule is CCCCC/C=C/CO[C@H]1CC[C@H](c2ccc(C34CCC(CCCCC)(CC3)CC4)cc2)CC1. The Labute approximate surface area is 211 Å². The first-order chi connectivity index (χ1) is 16.7. The molecule has 1 aromatic rings. The van der Waals surface area contributed by atoms with Crippen LogP contribution in [-0.4, -0.2) is 12.7 Å². The third kappa shape index (κ3) is 6.57. The Morgan fingerprint density at radius 2 is 1.41 bits per heavy atom. The number of rotatable bonds is 13. The standard InChI is InChI=1S/C33H52O/c1-3-5-7-8-9-11-27-34-31-18-14-29(15-19-31)28-12-16-30(17-13-28)33-24-21-32(22-25-33,23-26-33)20-10-6-4-2/h9,11-13,16-17,29,31H,3-8,10,14-15,18-27H2,1-2H3/b11-9+/t29-,31-,32?,33?. The van der Waals surface area contributed by atoms with E-state index in [9.17, 15) is 0 Å². The third-order valence-electron chi connectivity index (χ3n) is 9.95. The van der Waals surface area contributed by atoms with Gasteiger partial charge in [0.1, 0.15) is 0 Å². The van der Waals surface area contributed by atoms with Crippen LogP contribution in [0, 0.1) is 5.41 Å². The van der Waals surface area contributed by atoms with Gasteiger partial charge in [0.15, 0.2) is 0 Å². The Kier molecular flexibility index (Phi) is 9.75. The Bertz CT molecular complexity index is 712. The van der Waals surface area contributed by atoms with Crippen molar-refractivity contribution in [1.82, 2.24) is 0 Å². The molecular weight excluding hydrogens is 412 g/mol. The lowest BCUT2D eigenvalue weighted by Gasteiger charge is -2.54. The van der Waals surface area contributed by atoms with Crippen LogP contribution in [-0.2, 0) is 10.2 Å². The monoisotopic (exact) mass is 464 g/mol. The van der Waals surface area contributed by atoms with Crippen LogP contribution < -0.4 is 0 Å². The lowest BCUT2D eigenvalue weighted by atomic mass is 9.51. The Morgan fingerprint density at radius 3 is 2.06 bits per heavy atom. The van der Waals surface area contributed by atoms with Gasteiger partial charge in [-0.2, -0.15) is 0 Å². The van der Waals surface area contributed by atoms with E-state index in [4.69, 9.17) is 4.74 Å². The molecule has 190 valence electrons. The van der Waals surface area contributed by atoms with Crippen LogP contribution in [0.1, 0.15) is 146 Å². The van der Waals surface area contributed by atoms with Crippen LogP contribution in [0.2, 0.25) is 0 Å². The second-order valence-corrected chi connectivity index (χ2v) is 12.1. The molecule has 4 fully saturated rings. The van der Waals surface area contributed by atoms with Crippen LogP contribution in [0.3, 0.4) is 0 Å². The zero-order valence-corrected chi connectivity index (χ0v) is 22.5. The fourth-order valence-electron chi connectivity index (χ4n) is 7.38. The summed E-state index contributed by atoms with van der Waals surface area (Å²) in [7, 11) is 0. The number of hydrogen-bond acceptors (Lipinski definition) is 1. The van der Waals surface area contributed by atoms with Crippen molar-refractivity contribution in [3.05, 3.63) is 47.5 Å². The molecule has 1 aromatic carbocycles. The normalized spacial score (nSPS) is 31.4. The molecule has 1 heteroatoms. The van der Waals surface area contributed by atoms with Gasteiger partial charge in [0.05, 0.1) is 12.7 Å². The van der Waals surface area contributed by atoms with E-state index >= 15 is 0 Å². The van der Waals surface area contributed by atoms with Gasteiger partial charge < -0.3 is 4.74 Å². The Hall–Kier alpha value is -1.08. The second-order valence-electron chi connectivity index (χ2n) is 12.1. The summed E-state index contributed by atoms with van der Waals surface area (Å²) in [5.74, 6) is 0.736. The van der Waals surface area contributed by atoms with Gasteiger partial charge in [0, 0.05) is 0 Å². The summed E-state index contributed by atoms with van der Waals surface area (Å²) in [5, 5.41) is 0. The van der Waals surface area contributed by atoms with E-state index in [-0.39, 0.29) is 0 Å². The van der Waals surface area contributed by atoms with Crippen molar-refractivity contribution in [3.8, 4) is 0 Å². The summed E-state index contributed by atoms with van der Waals surface area (Å²) in [6.45, 7) is 5.40. The molecule has 34 heavy (non-hydrogen) atoms. The predicted octanol–water partition coefficient (Wildman–Crippen LogP) is 10.0. The van der Waals surface area contributed by atoms with E-state index in [0.29, 0.717) is 16.9 Å². The smallest absolute Gasteiger partial charge is 0.0651 e. The van der Waals surface area contributed by atoms with Gasteiger partial charge in [-0.25, -0.2) is 0 Å². The topological polar surface area (TPSA) is 9.23 Å². The molecule has 0 spiro atoms. The van der Waals surface area contributed by atoms with E-state index in [1.165, 1.54) is 116 Å². The molecule has 4 aliphatic rings. The molecule has 0 aromatic heterocycles. The molecule has 0 unspecified atom stereocenters. The van der Waals surface area contributed by atoms with Gasteiger partial charge in [-0.3, -0.25) is 0 Å². The fraction of sp³-hybridized carbons (Fsp3) is 0.758. The second kappa shape index (κ2) is 12.8. The zero-order chi connectivity index (χ0) is 23.7. The van der Waals surface area contributed by atoms with Crippen LogP contribution >= 0.6 is 0 Å². The quantitative estimate of drug-likeness (QED) is 0.208. The molecule has 0 atom stereocenters. The third-order valence-corrected chi connectivity index (χ3v) is 9.95. The van der Waals surface area contributed by atoms with Gasteiger partial charge in [0.25, 0.3) is 0 Å². The first-order valence-corrected chi connectivity index (χ1v) is 15.1. The maximum Gasteiger partial charge on any atom is 0.0651 e. The molecule has 2 bridgehead atoms. The number of allylic oxidation sites excluding steroid dienone is 1. The van der Waals surface area contributed by atoms with Crippen LogP contribution in [0.15, 0.2) is 36.4 Å². The van der Waals surface area contributed by atoms with Gasteiger partial charge >= 0.3 is 0 Å². The Balaban J connectivity index is 1.21. The number of ether oxygens (including phenoxy) is 1. The number of unbranched alkanes of at least 4 members (excludes halogenated alkanes) is 5. The van der Waals surface area contributed by atoms with E-state index < -0.39 is 0 Å². The Morgan fingerprint density at radius 1 is 0.765 bits per heavy atom. The highest BCUT2D eigenvalue weighted by molar-refractivity contribution is 5.33. The molecule has 1 nitrogen and oxygen atoms in total. The highest BCUT2D eigenvalue weighted by atomic mass is 16.5. The minimum atomic E-state index is 0.469. The van der Waals surface area contributed by atoms with Crippen LogP contribution in [0.5, 0.6) is 0 Å². The fourth-order valence-corrected chi connectivity index (χ4v) is 7.38. The maximum absolute atomic E-state index is 6.16. The molecule has 4 aliphatic carbocycles. The molecule has 5 rings (SSSR count). The molecule has 0 radical (unpaired) electrons. The lowest BCUT2D eigenvalue weighted by molar-refractivity contribution is 0.0305. The van der Waals surface area contributed by atoms with Gasteiger partial charge in [0.2, 0.25) is 0 Å². The molecular formula is C33H52O. The summed E-state index contributed by atoms with van der Waals surface area (Å²) < 4.78 is 6.16. The summed E-state index contributed by atoms with van der Waals surface area (Å²) in [4.78, 5) is 0. The van der Waals surface area contributed by atoms with Gasteiger partial charge in [-0.1, -0.05) is 82.4 Å². The largest absolute Gasteiger partial charge is 0.374 e. The number of hydrogen-bond donors (Lipinski definition) is 0. The van der Waals surface area contributed by atoms with E-state index in [1.54, 1.807) is 11.1 Å². The first-order valence-electron chi connectivity index (χ1n) is 15.1. The van der Waals surface area contributed by atoms with Crippen LogP contribution in [0.25, 0.3) is 0 Å². The average molecular weight is 465 g/mol. The van der Waals surface area contributed by atoms with Crippen molar-refractivity contribution >= 4 is 0 Å². The summed E-state index contributed by atoms with van der Waals surface area (Å²) in [6, 6.07) is 10.0. The molecule has 0 amide bonds. The highest BCUT2D eigenvalue weighted by Gasteiger charge is 2.48. The van der Waals surface area contributed by atoms with E-state index in [0.717, 1.165) is 12.5 Å². The van der Waals surface area contributed by atoms with Crippen molar-refractivity contribution in [2.75, 3.05) is 6.61 Å². The molecule has 0 saturated heterocycles. The summed E-state index contributed by atoms with van der Waals surface area (Å²) >= 11 is 0. The van der Waals surface area contributed by atoms with Gasteiger partial charge in [-0.15, -0.1) is 0 Å². The number of fused-ring (bicyclic) bond motifs is 3. The van der Waals surface area contributed by atoms with Crippen LogP contribution in [0.4, 0.5) is 0 Å². The highest BCUT2D eigenvalue weighted by Crippen LogP contribution is 2.59. The molecule has 4 saturated carbocycles. The van der Waals surface area contributed by atoms with E-state index in [1.807, 2.05) is 0 Å². The van der Waals surface area contributed by atoms with E-state index in [2.05, 4.69) is 50.3 Å². The minimum Gasteiger partial charge on any atom is -0.374 e. The zero-order valence-electron chi connectivity index (χ0n) is 22.5. The minimum absolute atomic E-state index is 0.469. The average Bonchev–Trinajstić information content (AvgIpc) is 2.90. The molecule has 0 aliphatic heterocycles. The van der Waals surface area contributed by atoms with Crippen molar-refractivity contribution in [3.63, 3.8) is 0 Å². The van der Waals surface area contributed by atoms with Crippen molar-refractivity contribution < 1.29 is 4.74 Å². The van der Waals surface area contributed by atoms with Crippen molar-refractivity contribution in [1.29, 1.82) is 0 Å². The van der Waals surface area contributed by atoms with Crippen molar-refractivity contribution in [2.45, 2.75) is 147 Å². The van der Waals surface area contributed by atoms with Gasteiger partial charge in [-0.05, 0) is 111 Å². The summed E-state index contributed by atoms with van der Waals surface area (Å²) in [5.41, 5.74) is 4.44. The van der Waals surface area contributed by atoms with Crippen molar-refractivity contribution in [2.24, 2.45) is 5.41 Å². The summed E-state index contributed by atoms with van der Waals surface area (Å²) in [6.07, 6.45) is 29.7. The lowest BCUT2D eigenvalue weighted by Crippen LogP contribution is -2.44. The number of benzene rings is 1. The first kappa shape index (κ1) is 26.0. The molecule has 0 heterocycles. The molecule has 0 N–H and O–H groups in total. The maximum atomic E-state index is 6.16.